The molecule has 8 rings (SSSR count). The van der Waals surface area contributed by atoms with E-state index in [1.165, 1.54) is 6.07 Å². The van der Waals surface area contributed by atoms with E-state index in [0.29, 0.717) is 69.3 Å². The lowest BCUT2D eigenvalue weighted by Gasteiger charge is -2.29. The number of benzene rings is 5. The summed E-state index contributed by atoms with van der Waals surface area (Å²) in [4.78, 5) is 31.8. The molecule has 0 spiro atoms. The Labute approximate surface area is 330 Å². The molecule has 5 aromatic carbocycles. The van der Waals surface area contributed by atoms with Gasteiger partial charge in [0.1, 0.15) is 17.4 Å². The predicted molar refractivity (Wildman–Crippen MR) is 216 cm³/mol. The fourth-order valence-corrected chi connectivity index (χ4v) is 8.00. The van der Waals surface area contributed by atoms with Crippen LogP contribution in [-0.4, -0.2) is 63.3 Å². The number of ether oxygens (including phenoxy) is 2. The average Bonchev–Trinajstić information content (AvgIpc) is 3.58. The number of hydrogen-bond donors (Lipinski definition) is 1. The van der Waals surface area contributed by atoms with Crippen molar-refractivity contribution in [2.75, 3.05) is 19.7 Å². The van der Waals surface area contributed by atoms with E-state index in [9.17, 15) is 14.7 Å². The lowest BCUT2D eigenvalue weighted by atomic mass is 9.87. The zero-order valence-electron chi connectivity index (χ0n) is 31.9. The van der Waals surface area contributed by atoms with E-state index in [4.69, 9.17) is 9.47 Å². The second-order valence-electron chi connectivity index (χ2n) is 15.0. The lowest BCUT2D eigenvalue weighted by molar-refractivity contribution is -0.149. The van der Waals surface area contributed by atoms with Gasteiger partial charge in [0.15, 0.2) is 5.82 Å². The molecule has 2 aliphatic rings. The van der Waals surface area contributed by atoms with Crippen LogP contribution in [0.15, 0.2) is 109 Å². The molecule has 10 heteroatoms. The number of fused-ring (bicyclic) bond motifs is 1. The predicted octanol–water partition coefficient (Wildman–Crippen LogP) is 9.46. The molecule has 0 unspecified atom stereocenters. The maximum Gasteiger partial charge on any atom is 0.308 e. The van der Waals surface area contributed by atoms with Crippen LogP contribution in [0.25, 0.3) is 44.4 Å². The van der Waals surface area contributed by atoms with Gasteiger partial charge in [0.05, 0.1) is 36.3 Å². The zero-order chi connectivity index (χ0) is 39.5. The van der Waals surface area contributed by atoms with E-state index in [0.717, 1.165) is 27.8 Å². The molecule has 2 heterocycles. The Balaban J connectivity index is 1.06. The fraction of sp³-hybridized carbons (Fsp3) is 0.298. The van der Waals surface area contributed by atoms with E-state index < -0.39 is 11.6 Å². The van der Waals surface area contributed by atoms with Crippen LogP contribution >= 0.6 is 0 Å². The number of hydrogen-bond acceptors (Lipinski definition) is 6. The summed E-state index contributed by atoms with van der Waals surface area (Å²) in [6, 6.07) is 33.9. The van der Waals surface area contributed by atoms with Crippen LogP contribution < -0.4 is 4.74 Å². The van der Waals surface area contributed by atoms with Crippen molar-refractivity contribution in [1.82, 2.24) is 14.5 Å². The molecule has 1 aromatic heterocycles. The number of aromatic nitrogens is 2. The van der Waals surface area contributed by atoms with Crippen molar-refractivity contribution in [2.45, 2.75) is 64.2 Å². The molecule has 57 heavy (non-hydrogen) atoms. The number of rotatable bonds is 10. The molecule has 1 saturated heterocycles. The maximum atomic E-state index is 16.6. The van der Waals surface area contributed by atoms with Gasteiger partial charge in [-0.3, -0.25) is 14.2 Å². The SMILES string of the molecule is CCOC(=O)C1CCC(Oc2nc3c(F)c(-c4ccc(-c5ccc(C(=O)N6CCC(O)CC6)cc5)cc4)c(F)cc3n2Cc2ccc(-c3ccccc3)cc2)CC1. The second-order valence-corrected chi connectivity index (χ2v) is 15.0. The lowest BCUT2D eigenvalue weighted by Crippen LogP contribution is -2.40. The number of halogens is 2. The molecule has 8 nitrogen and oxygen atoms in total. The van der Waals surface area contributed by atoms with E-state index in [-0.39, 0.29) is 59.2 Å². The van der Waals surface area contributed by atoms with Gasteiger partial charge in [-0.1, -0.05) is 91.0 Å². The van der Waals surface area contributed by atoms with Crippen LogP contribution in [0.5, 0.6) is 6.01 Å². The number of amides is 1. The number of carbonyl (C=O) groups excluding carboxylic acids is 2. The Kier molecular flexibility index (Phi) is 11.1. The number of esters is 1. The largest absolute Gasteiger partial charge is 0.466 e. The molecule has 0 radical (unpaired) electrons. The number of imidazole rings is 1. The van der Waals surface area contributed by atoms with E-state index in [1.54, 1.807) is 52.8 Å². The second kappa shape index (κ2) is 16.7. The summed E-state index contributed by atoms with van der Waals surface area (Å²) in [6.07, 6.45) is 2.98. The van der Waals surface area contributed by atoms with Gasteiger partial charge < -0.3 is 19.5 Å². The summed E-state index contributed by atoms with van der Waals surface area (Å²) in [7, 11) is 0. The van der Waals surface area contributed by atoms with Crippen molar-refractivity contribution in [3.05, 3.63) is 132 Å². The van der Waals surface area contributed by atoms with Crippen molar-refractivity contribution >= 4 is 22.9 Å². The molecule has 1 aliphatic carbocycles. The van der Waals surface area contributed by atoms with Gasteiger partial charge in [0, 0.05) is 24.7 Å². The summed E-state index contributed by atoms with van der Waals surface area (Å²) < 4.78 is 46.2. The van der Waals surface area contributed by atoms with Gasteiger partial charge in [-0.05, 0) is 91.0 Å². The van der Waals surface area contributed by atoms with Crippen molar-refractivity contribution in [2.24, 2.45) is 5.92 Å². The molecule has 6 aromatic rings. The van der Waals surface area contributed by atoms with Crippen LogP contribution in [0.2, 0.25) is 0 Å². The Morgan fingerprint density at radius 3 is 1.96 bits per heavy atom. The van der Waals surface area contributed by atoms with Crippen LogP contribution in [0.1, 0.15) is 61.4 Å². The fourth-order valence-electron chi connectivity index (χ4n) is 8.00. The Bertz CT molecular complexity index is 2350. The van der Waals surface area contributed by atoms with Gasteiger partial charge in [0.2, 0.25) is 0 Å². The molecule has 1 amide bonds. The molecular formula is C47H45F2N3O5. The minimum absolute atomic E-state index is 0.00932. The topological polar surface area (TPSA) is 93.9 Å². The number of piperidine rings is 1. The number of likely N-dealkylation sites (tertiary alicyclic amines) is 1. The average molecular weight is 770 g/mol. The van der Waals surface area contributed by atoms with Crippen molar-refractivity contribution in [3.8, 4) is 39.4 Å². The van der Waals surface area contributed by atoms with Crippen molar-refractivity contribution in [1.29, 1.82) is 0 Å². The third-order valence-corrected chi connectivity index (χ3v) is 11.3. The highest BCUT2D eigenvalue weighted by Crippen LogP contribution is 2.37. The first-order valence-corrected chi connectivity index (χ1v) is 19.8. The number of carbonyl (C=O) groups is 2. The third-order valence-electron chi connectivity index (χ3n) is 11.3. The summed E-state index contributed by atoms with van der Waals surface area (Å²) >= 11 is 0. The van der Waals surface area contributed by atoms with Gasteiger partial charge >= 0.3 is 5.97 Å². The van der Waals surface area contributed by atoms with Crippen molar-refractivity contribution < 1.29 is 33.0 Å². The number of nitrogens with zero attached hydrogens (tertiary/aromatic N) is 3. The first-order valence-electron chi connectivity index (χ1n) is 19.8. The zero-order valence-corrected chi connectivity index (χ0v) is 31.9. The first kappa shape index (κ1) is 38.0. The minimum Gasteiger partial charge on any atom is -0.466 e. The van der Waals surface area contributed by atoms with Crippen LogP contribution in [-0.2, 0) is 16.1 Å². The summed E-state index contributed by atoms with van der Waals surface area (Å²) in [5.41, 5.74) is 5.78. The highest BCUT2D eigenvalue weighted by molar-refractivity contribution is 5.95. The summed E-state index contributed by atoms with van der Waals surface area (Å²) in [5.74, 6) is -1.94. The van der Waals surface area contributed by atoms with Crippen LogP contribution in [0.3, 0.4) is 0 Å². The molecule has 292 valence electrons. The monoisotopic (exact) mass is 769 g/mol. The Morgan fingerprint density at radius 1 is 0.754 bits per heavy atom. The molecule has 2 fully saturated rings. The van der Waals surface area contributed by atoms with Crippen molar-refractivity contribution in [3.63, 3.8) is 0 Å². The normalized spacial score (nSPS) is 17.4. The van der Waals surface area contributed by atoms with Gasteiger partial charge in [-0.25, -0.2) is 8.78 Å². The first-order chi connectivity index (χ1) is 27.7. The van der Waals surface area contributed by atoms with E-state index >= 15 is 8.78 Å². The highest BCUT2D eigenvalue weighted by Gasteiger charge is 2.30. The number of aliphatic hydroxyl groups excluding tert-OH is 1. The highest BCUT2D eigenvalue weighted by atomic mass is 19.1. The summed E-state index contributed by atoms with van der Waals surface area (Å²) in [5, 5.41) is 9.80. The van der Waals surface area contributed by atoms with E-state index in [2.05, 4.69) is 4.98 Å². The molecule has 1 N–H and O–H groups in total. The third kappa shape index (κ3) is 8.18. The van der Waals surface area contributed by atoms with Crippen LogP contribution in [0, 0.1) is 17.6 Å². The summed E-state index contributed by atoms with van der Waals surface area (Å²) in [6.45, 7) is 3.46. The number of aliphatic hydroxyl groups is 1. The molecular weight excluding hydrogens is 725 g/mol. The Hall–Kier alpha value is -5.87. The van der Waals surface area contributed by atoms with Gasteiger partial charge in [0.25, 0.3) is 11.9 Å². The molecule has 1 aliphatic heterocycles. The Morgan fingerprint density at radius 2 is 1.33 bits per heavy atom. The smallest absolute Gasteiger partial charge is 0.308 e. The van der Waals surface area contributed by atoms with Crippen LogP contribution in [0.4, 0.5) is 8.78 Å². The van der Waals surface area contributed by atoms with E-state index in [1.807, 2.05) is 66.7 Å². The molecule has 0 atom stereocenters. The molecule has 1 saturated carbocycles. The quantitative estimate of drug-likeness (QED) is 0.140. The minimum atomic E-state index is -0.778. The van der Waals surface area contributed by atoms with Gasteiger partial charge in [-0.15, -0.1) is 0 Å². The maximum absolute atomic E-state index is 16.6. The molecule has 0 bridgehead atoms. The van der Waals surface area contributed by atoms with Gasteiger partial charge in [-0.2, -0.15) is 4.98 Å². The standard InChI is InChI=1S/C47H45F2N3O5/c1-2-56-46(55)37-20-22-39(23-21-37)57-47-50-44-41(52(47)29-30-8-10-32(11-9-30)31-6-4-3-5-7-31)28-40(48)42(43(44)49)35-16-12-33(13-17-35)34-14-18-36(19-15-34)45(54)51-26-24-38(53)25-27-51/h3-19,28,37-39,53H,2,20-27,29H2,1H3.